The van der Waals surface area contributed by atoms with Crippen LogP contribution in [0.15, 0.2) is 58.7 Å². The van der Waals surface area contributed by atoms with Gasteiger partial charge in [-0.15, -0.1) is 0 Å². The van der Waals surface area contributed by atoms with Gasteiger partial charge in [0.2, 0.25) is 0 Å². The molecule has 2 atom stereocenters. The molecule has 4 rings (SSSR count). The first-order valence-electron chi connectivity index (χ1n) is 14.0. The second kappa shape index (κ2) is 11.9. The largest absolute Gasteiger partial charge is 0.505 e. The number of hydrogen-bond donors (Lipinski definition) is 3. The zero-order chi connectivity index (χ0) is 30.1. The zero-order valence-electron chi connectivity index (χ0n) is 24.7. The summed E-state index contributed by atoms with van der Waals surface area (Å²) in [6.45, 7) is 8.32. The zero-order valence-corrected chi connectivity index (χ0v) is 24.7. The fraction of sp³-hybridized carbons (Fsp3) is 0.438. The van der Waals surface area contributed by atoms with Crippen LogP contribution < -0.4 is 10.3 Å². The van der Waals surface area contributed by atoms with Crippen molar-refractivity contribution in [3.63, 3.8) is 0 Å². The van der Waals surface area contributed by atoms with Crippen molar-refractivity contribution in [1.29, 1.82) is 0 Å². The number of carboxylic acids is 1. The summed E-state index contributed by atoms with van der Waals surface area (Å²) in [4.78, 5) is 41.9. The van der Waals surface area contributed by atoms with E-state index >= 15 is 0 Å². The summed E-state index contributed by atoms with van der Waals surface area (Å²) in [5, 5.41) is 25.0. The molecule has 3 N–H and O–H groups in total. The number of likely N-dealkylation sites (N-methyl/N-ethyl adjacent to an activating group) is 1. The number of aliphatic carboxylic acids is 1. The van der Waals surface area contributed by atoms with Gasteiger partial charge in [0, 0.05) is 12.1 Å². The number of rotatable bonds is 7. The molecule has 2 amide bonds. The van der Waals surface area contributed by atoms with E-state index in [0.717, 1.165) is 23.3 Å². The van der Waals surface area contributed by atoms with Crippen LogP contribution in [0.2, 0.25) is 0 Å². The molecule has 9 heteroatoms. The van der Waals surface area contributed by atoms with E-state index in [0.29, 0.717) is 47.5 Å². The highest BCUT2D eigenvalue weighted by molar-refractivity contribution is 6.57. The molecule has 2 aromatic carbocycles. The van der Waals surface area contributed by atoms with Gasteiger partial charge in [0.1, 0.15) is 5.75 Å². The van der Waals surface area contributed by atoms with Gasteiger partial charge in [-0.05, 0) is 86.5 Å². The average molecular weight is 561 g/mol. The number of carbonyl (C=O) groups excluding carboxylic acids is 2. The van der Waals surface area contributed by atoms with Crippen LogP contribution >= 0.6 is 0 Å². The lowest BCUT2D eigenvalue weighted by atomic mass is 9.77. The number of phenols is 1. The van der Waals surface area contributed by atoms with E-state index < -0.39 is 23.7 Å². The van der Waals surface area contributed by atoms with Crippen LogP contribution in [-0.2, 0) is 19.8 Å². The Balaban J connectivity index is 1.69. The van der Waals surface area contributed by atoms with Crippen molar-refractivity contribution in [2.45, 2.75) is 64.7 Å². The number of hydrazone groups is 1. The summed E-state index contributed by atoms with van der Waals surface area (Å²) >= 11 is 0. The number of anilines is 2. The van der Waals surface area contributed by atoms with E-state index in [9.17, 15) is 24.6 Å². The van der Waals surface area contributed by atoms with E-state index in [-0.39, 0.29) is 22.8 Å². The first-order chi connectivity index (χ1) is 19.3. The fourth-order valence-electron chi connectivity index (χ4n) is 5.57. The van der Waals surface area contributed by atoms with Gasteiger partial charge in [0.05, 0.1) is 17.3 Å². The first-order valence-corrected chi connectivity index (χ1v) is 14.0. The molecule has 0 bridgehead atoms. The molecule has 1 saturated carbocycles. The molecule has 9 nitrogen and oxygen atoms in total. The number of aromatic hydroxyl groups is 1. The molecule has 41 heavy (non-hydrogen) atoms. The smallest absolute Gasteiger partial charge is 0.306 e. The number of amides is 2. The van der Waals surface area contributed by atoms with Crippen LogP contribution in [0.3, 0.4) is 0 Å². The molecular formula is C32H40N4O5. The Bertz CT molecular complexity index is 1400. The van der Waals surface area contributed by atoms with Crippen LogP contribution in [-0.4, -0.2) is 59.2 Å². The molecule has 1 fully saturated rings. The van der Waals surface area contributed by atoms with Gasteiger partial charge >= 0.3 is 5.97 Å². The number of nitrogens with one attached hydrogen (secondary N) is 1. The van der Waals surface area contributed by atoms with E-state index in [2.05, 4.69) is 31.3 Å². The topological polar surface area (TPSA) is 123 Å². The van der Waals surface area contributed by atoms with E-state index in [1.54, 1.807) is 37.3 Å². The lowest BCUT2D eigenvalue weighted by molar-refractivity contribution is -0.143. The average Bonchev–Trinajstić information content (AvgIpc) is 2.91. The minimum absolute atomic E-state index is 0.0167. The van der Waals surface area contributed by atoms with E-state index in [4.69, 9.17) is 0 Å². The van der Waals surface area contributed by atoms with Crippen LogP contribution in [0.25, 0.3) is 0 Å². The SMILES string of the molecule is CC1=C(CN(C)C)C(=O)N(c2ccc(C(C)(C)C)cc2)C(=O)C1=NNc1cccc(C2CCCC(C(=O)O)C2)c1O. The van der Waals surface area contributed by atoms with Crippen molar-refractivity contribution in [3.8, 4) is 5.75 Å². The molecule has 0 radical (unpaired) electrons. The normalized spacial score (nSPS) is 21.1. The molecule has 2 aromatic rings. The predicted molar refractivity (Wildman–Crippen MR) is 160 cm³/mol. The summed E-state index contributed by atoms with van der Waals surface area (Å²) in [7, 11) is 3.70. The van der Waals surface area contributed by atoms with Crippen LogP contribution in [0, 0.1) is 5.92 Å². The number of carbonyl (C=O) groups is 3. The standard InChI is InChI=1S/C32H40N4O5/c1-19-25(18-35(5)6)29(38)36(23-15-13-22(14-16-23)32(2,3)4)30(39)27(19)34-33-26-12-8-11-24(28(26)37)20-9-7-10-21(17-20)31(40)41/h8,11-16,20-21,33,37H,7,9-10,17-18H2,1-6H3,(H,40,41). The Morgan fingerprint density at radius 1 is 1.07 bits per heavy atom. The van der Waals surface area contributed by atoms with Crippen LogP contribution in [0.1, 0.15) is 70.4 Å². The van der Waals surface area contributed by atoms with Crippen molar-refractivity contribution in [2.75, 3.05) is 31.0 Å². The summed E-state index contributed by atoms with van der Waals surface area (Å²) in [6.07, 6.45) is 2.65. The van der Waals surface area contributed by atoms with Crippen LogP contribution in [0.4, 0.5) is 11.4 Å². The molecular weight excluding hydrogens is 520 g/mol. The second-order valence-electron chi connectivity index (χ2n) is 12.3. The first kappa shape index (κ1) is 30.0. The van der Waals surface area contributed by atoms with Gasteiger partial charge in [-0.3, -0.25) is 19.8 Å². The Morgan fingerprint density at radius 3 is 2.37 bits per heavy atom. The maximum atomic E-state index is 13.7. The summed E-state index contributed by atoms with van der Waals surface area (Å²) in [5.41, 5.74) is 6.28. The number of benzene rings is 2. The third-order valence-electron chi connectivity index (χ3n) is 7.96. The van der Waals surface area contributed by atoms with Crippen molar-refractivity contribution in [3.05, 3.63) is 64.7 Å². The number of para-hydroxylation sites is 1. The lowest BCUT2D eigenvalue weighted by Gasteiger charge is -2.30. The van der Waals surface area contributed by atoms with Gasteiger partial charge < -0.3 is 15.1 Å². The molecule has 0 spiro atoms. The fourth-order valence-corrected chi connectivity index (χ4v) is 5.57. The molecule has 2 unspecified atom stereocenters. The minimum Gasteiger partial charge on any atom is -0.505 e. The molecule has 1 aliphatic heterocycles. The number of imide groups is 1. The highest BCUT2D eigenvalue weighted by atomic mass is 16.4. The highest BCUT2D eigenvalue weighted by Gasteiger charge is 2.38. The summed E-state index contributed by atoms with van der Waals surface area (Å²) in [6, 6.07) is 12.6. The number of nitrogens with zero attached hydrogens (tertiary/aromatic N) is 3. The molecule has 218 valence electrons. The second-order valence-corrected chi connectivity index (χ2v) is 12.3. The summed E-state index contributed by atoms with van der Waals surface area (Å²) < 4.78 is 0. The Labute approximate surface area is 241 Å². The molecule has 1 heterocycles. The third kappa shape index (κ3) is 6.35. The third-order valence-corrected chi connectivity index (χ3v) is 7.96. The molecule has 2 aliphatic rings. The van der Waals surface area contributed by atoms with Gasteiger partial charge in [-0.25, -0.2) is 4.90 Å². The Hall–Kier alpha value is -3.98. The monoisotopic (exact) mass is 560 g/mol. The molecule has 0 saturated heterocycles. The lowest BCUT2D eigenvalue weighted by Crippen LogP contribution is -2.49. The van der Waals surface area contributed by atoms with E-state index in [1.165, 1.54) is 0 Å². The van der Waals surface area contributed by atoms with Crippen molar-refractivity contribution in [2.24, 2.45) is 11.0 Å². The molecule has 1 aliphatic carbocycles. The maximum absolute atomic E-state index is 13.7. The van der Waals surface area contributed by atoms with Crippen molar-refractivity contribution >= 4 is 34.9 Å². The van der Waals surface area contributed by atoms with Crippen molar-refractivity contribution < 1.29 is 24.6 Å². The van der Waals surface area contributed by atoms with Gasteiger partial charge in [-0.2, -0.15) is 5.10 Å². The quantitative estimate of drug-likeness (QED) is 0.240. The maximum Gasteiger partial charge on any atom is 0.306 e. The number of carboxylic acid groups (broad SMARTS) is 1. The Kier molecular flexibility index (Phi) is 8.68. The molecule has 0 aromatic heterocycles. The van der Waals surface area contributed by atoms with Gasteiger partial charge in [-0.1, -0.05) is 51.5 Å². The highest BCUT2D eigenvalue weighted by Crippen LogP contribution is 2.42. The van der Waals surface area contributed by atoms with Gasteiger partial charge in [0.25, 0.3) is 11.8 Å². The van der Waals surface area contributed by atoms with Crippen LogP contribution in [0.5, 0.6) is 5.75 Å². The minimum atomic E-state index is -0.811. The predicted octanol–water partition coefficient (Wildman–Crippen LogP) is 5.27. The summed E-state index contributed by atoms with van der Waals surface area (Å²) in [5.74, 6) is -2.30. The van der Waals surface area contributed by atoms with Gasteiger partial charge in [0.15, 0.2) is 5.71 Å². The number of phenolic OH excluding ortho intramolecular Hbond substituents is 1. The Morgan fingerprint density at radius 2 is 1.76 bits per heavy atom. The van der Waals surface area contributed by atoms with Crippen molar-refractivity contribution in [1.82, 2.24) is 4.90 Å². The number of hydrogen-bond acceptors (Lipinski definition) is 7. The van der Waals surface area contributed by atoms with E-state index in [1.807, 2.05) is 31.1 Å².